The van der Waals surface area contributed by atoms with E-state index in [0.717, 1.165) is 36.4 Å². The highest BCUT2D eigenvalue weighted by atomic mass is 32.2. The van der Waals surface area contributed by atoms with Crippen LogP contribution in [-0.4, -0.2) is 14.3 Å². The Morgan fingerprint density at radius 3 is 2.28 bits per heavy atom. The molecule has 2 aromatic carbocycles. The highest BCUT2D eigenvalue weighted by Gasteiger charge is 2.31. The van der Waals surface area contributed by atoms with Crippen molar-refractivity contribution in [3.05, 3.63) is 53.8 Å². The lowest BCUT2D eigenvalue weighted by molar-refractivity contribution is -0.137. The Kier molecular flexibility index (Phi) is 5.02. The van der Waals surface area contributed by atoms with E-state index in [-0.39, 0.29) is 11.4 Å². The van der Waals surface area contributed by atoms with Gasteiger partial charge in [0.1, 0.15) is 10.7 Å². The zero-order valence-electron chi connectivity index (χ0n) is 12.7. The topological polar surface area (TPSA) is 75.3 Å². The van der Waals surface area contributed by atoms with E-state index in [1.54, 1.807) is 0 Å². The second kappa shape index (κ2) is 6.71. The highest BCUT2D eigenvalue weighted by molar-refractivity contribution is 7.92. The summed E-state index contributed by atoms with van der Waals surface area (Å²) in [5, 5.41) is 2.28. The fourth-order valence-corrected chi connectivity index (χ4v) is 3.08. The first-order valence-corrected chi connectivity index (χ1v) is 8.24. The number of carbonyl (C=O) groups excluding carboxylic acids is 1. The maximum atomic E-state index is 14.0. The molecule has 2 aromatic rings. The number of hydrogen-bond acceptors (Lipinski definition) is 3. The Morgan fingerprint density at radius 1 is 1.04 bits per heavy atom. The van der Waals surface area contributed by atoms with Gasteiger partial charge in [-0.15, -0.1) is 0 Å². The number of sulfonamides is 1. The lowest BCUT2D eigenvalue weighted by atomic mass is 10.2. The quantitative estimate of drug-likeness (QED) is 0.801. The standard InChI is InChI=1S/C15H12F4N2O3S/c1-9(22)20-11-5-6-14(13(16)8-11)25(23,24)21-12-4-2-3-10(7-12)15(17,18)19/h2-8,21H,1H3,(H,20,22). The van der Waals surface area contributed by atoms with E-state index >= 15 is 0 Å². The molecule has 0 aliphatic heterocycles. The van der Waals surface area contributed by atoms with E-state index in [2.05, 4.69) is 5.32 Å². The van der Waals surface area contributed by atoms with Gasteiger partial charge < -0.3 is 5.32 Å². The molecule has 0 heterocycles. The molecular weight excluding hydrogens is 364 g/mol. The third kappa shape index (κ3) is 4.69. The van der Waals surface area contributed by atoms with Gasteiger partial charge in [0.25, 0.3) is 10.0 Å². The summed E-state index contributed by atoms with van der Waals surface area (Å²) in [5.41, 5.74) is -1.36. The van der Waals surface area contributed by atoms with Crippen molar-refractivity contribution >= 4 is 27.3 Å². The Hall–Kier alpha value is -2.62. The van der Waals surface area contributed by atoms with Crippen molar-refractivity contribution in [3.63, 3.8) is 0 Å². The summed E-state index contributed by atoms with van der Waals surface area (Å²) in [5.74, 6) is -1.64. The lowest BCUT2D eigenvalue weighted by Gasteiger charge is -2.12. The molecule has 0 atom stereocenters. The summed E-state index contributed by atoms with van der Waals surface area (Å²) < 4.78 is 78.3. The molecule has 2 N–H and O–H groups in total. The molecule has 0 bridgehead atoms. The molecule has 0 aliphatic carbocycles. The number of hydrogen-bond donors (Lipinski definition) is 2. The van der Waals surface area contributed by atoms with Crippen LogP contribution in [0.5, 0.6) is 0 Å². The van der Waals surface area contributed by atoms with Gasteiger partial charge >= 0.3 is 6.18 Å². The number of benzene rings is 2. The van der Waals surface area contributed by atoms with Crippen LogP contribution < -0.4 is 10.0 Å². The molecule has 5 nitrogen and oxygen atoms in total. The first-order valence-electron chi connectivity index (χ1n) is 6.76. The van der Waals surface area contributed by atoms with Crippen LogP contribution in [0.4, 0.5) is 28.9 Å². The van der Waals surface area contributed by atoms with E-state index < -0.39 is 38.4 Å². The van der Waals surface area contributed by atoms with Gasteiger partial charge in [0.15, 0.2) is 0 Å². The maximum Gasteiger partial charge on any atom is 0.416 e. The van der Waals surface area contributed by atoms with Gasteiger partial charge in [-0.05, 0) is 36.4 Å². The summed E-state index contributed by atoms with van der Waals surface area (Å²) in [6.07, 6.45) is -4.65. The smallest absolute Gasteiger partial charge is 0.326 e. The molecule has 0 aromatic heterocycles. The summed E-state index contributed by atoms with van der Waals surface area (Å²) in [4.78, 5) is 10.1. The number of halogens is 4. The predicted octanol–water partition coefficient (Wildman–Crippen LogP) is 3.60. The van der Waals surface area contributed by atoms with Crippen LogP contribution in [0.2, 0.25) is 0 Å². The third-order valence-electron chi connectivity index (χ3n) is 2.98. The van der Waals surface area contributed by atoms with Crippen molar-refractivity contribution in [2.75, 3.05) is 10.0 Å². The van der Waals surface area contributed by atoms with Gasteiger partial charge in [-0.3, -0.25) is 9.52 Å². The zero-order chi connectivity index (χ0) is 18.8. The van der Waals surface area contributed by atoms with Crippen molar-refractivity contribution in [3.8, 4) is 0 Å². The van der Waals surface area contributed by atoms with Gasteiger partial charge in [0.05, 0.1) is 5.56 Å². The van der Waals surface area contributed by atoms with E-state index in [9.17, 15) is 30.8 Å². The summed E-state index contributed by atoms with van der Waals surface area (Å²) in [6, 6.07) is 6.36. The average molecular weight is 376 g/mol. The molecule has 10 heteroatoms. The number of nitrogens with one attached hydrogen (secondary N) is 2. The zero-order valence-corrected chi connectivity index (χ0v) is 13.5. The molecule has 0 spiro atoms. The van der Waals surface area contributed by atoms with E-state index in [0.29, 0.717) is 6.07 Å². The molecule has 0 fully saturated rings. The molecular formula is C15H12F4N2O3S. The number of amides is 1. The summed E-state index contributed by atoms with van der Waals surface area (Å²) >= 11 is 0. The van der Waals surface area contributed by atoms with E-state index in [1.807, 2.05) is 4.72 Å². The van der Waals surface area contributed by atoms with Gasteiger partial charge in [0.2, 0.25) is 5.91 Å². The highest BCUT2D eigenvalue weighted by Crippen LogP contribution is 2.31. The van der Waals surface area contributed by atoms with Crippen molar-refractivity contribution in [2.45, 2.75) is 18.0 Å². The molecule has 0 radical (unpaired) electrons. The maximum absolute atomic E-state index is 14.0. The number of alkyl halides is 3. The first kappa shape index (κ1) is 18.7. The number of carbonyl (C=O) groups is 1. The minimum Gasteiger partial charge on any atom is -0.326 e. The SMILES string of the molecule is CC(=O)Nc1ccc(S(=O)(=O)Nc2cccc(C(F)(F)F)c2)c(F)c1. The molecule has 2 rings (SSSR count). The van der Waals surface area contributed by atoms with E-state index in [1.165, 1.54) is 6.92 Å². The van der Waals surface area contributed by atoms with Crippen molar-refractivity contribution in [1.82, 2.24) is 0 Å². The summed E-state index contributed by atoms with van der Waals surface area (Å²) in [6.45, 7) is 1.19. The van der Waals surface area contributed by atoms with Crippen molar-refractivity contribution in [1.29, 1.82) is 0 Å². The third-order valence-corrected chi connectivity index (χ3v) is 4.40. The van der Waals surface area contributed by atoms with Crippen molar-refractivity contribution in [2.24, 2.45) is 0 Å². The molecule has 0 saturated heterocycles. The largest absolute Gasteiger partial charge is 0.416 e. The Bertz CT molecular complexity index is 911. The van der Waals surface area contributed by atoms with Gasteiger partial charge in [0, 0.05) is 18.3 Å². The van der Waals surface area contributed by atoms with Crippen molar-refractivity contribution < 1.29 is 30.8 Å². The first-order chi connectivity index (χ1) is 11.5. The molecule has 0 saturated carbocycles. The van der Waals surface area contributed by atoms with Crippen LogP contribution in [0.15, 0.2) is 47.4 Å². The summed E-state index contributed by atoms with van der Waals surface area (Å²) in [7, 11) is -4.46. The molecule has 0 aliphatic rings. The monoisotopic (exact) mass is 376 g/mol. The van der Waals surface area contributed by atoms with Crippen LogP contribution in [0.1, 0.15) is 12.5 Å². The second-order valence-electron chi connectivity index (χ2n) is 5.01. The Morgan fingerprint density at radius 2 is 1.72 bits per heavy atom. The molecule has 25 heavy (non-hydrogen) atoms. The lowest BCUT2D eigenvalue weighted by Crippen LogP contribution is -2.16. The Labute approximate surface area is 140 Å². The van der Waals surface area contributed by atoms with Crippen LogP contribution in [0, 0.1) is 5.82 Å². The van der Waals surface area contributed by atoms with Gasteiger partial charge in [-0.25, -0.2) is 12.8 Å². The second-order valence-corrected chi connectivity index (χ2v) is 6.66. The predicted molar refractivity (Wildman–Crippen MR) is 83.0 cm³/mol. The normalized spacial score (nSPS) is 11.9. The van der Waals surface area contributed by atoms with Crippen LogP contribution in [0.3, 0.4) is 0 Å². The average Bonchev–Trinajstić information content (AvgIpc) is 2.45. The van der Waals surface area contributed by atoms with Gasteiger partial charge in [-0.2, -0.15) is 13.2 Å². The molecule has 1 amide bonds. The Balaban J connectivity index is 2.32. The molecule has 134 valence electrons. The van der Waals surface area contributed by atoms with Crippen LogP contribution in [0.25, 0.3) is 0 Å². The minimum atomic E-state index is -4.65. The van der Waals surface area contributed by atoms with Crippen LogP contribution >= 0.6 is 0 Å². The fraction of sp³-hybridized carbons (Fsp3) is 0.133. The number of anilines is 2. The minimum absolute atomic E-state index is 0.0445. The fourth-order valence-electron chi connectivity index (χ4n) is 1.97. The molecule has 0 unspecified atom stereocenters. The number of rotatable bonds is 4. The van der Waals surface area contributed by atoms with Gasteiger partial charge in [-0.1, -0.05) is 6.07 Å². The van der Waals surface area contributed by atoms with E-state index in [4.69, 9.17) is 0 Å². The van der Waals surface area contributed by atoms with Crippen LogP contribution in [-0.2, 0) is 21.0 Å².